The number of hydrogen-bond acceptors (Lipinski definition) is 4. The summed E-state index contributed by atoms with van der Waals surface area (Å²) in [7, 11) is 0. The molecule has 1 atom stereocenters. The van der Waals surface area contributed by atoms with E-state index < -0.39 is 0 Å². The van der Waals surface area contributed by atoms with Crippen LogP contribution < -0.4 is 5.32 Å². The van der Waals surface area contributed by atoms with Crippen molar-refractivity contribution in [2.24, 2.45) is 0 Å². The van der Waals surface area contributed by atoms with Crippen molar-refractivity contribution in [3.63, 3.8) is 0 Å². The van der Waals surface area contributed by atoms with Crippen LogP contribution in [0.25, 0.3) is 0 Å². The quantitative estimate of drug-likeness (QED) is 0.699. The van der Waals surface area contributed by atoms with E-state index >= 15 is 0 Å². The van der Waals surface area contributed by atoms with Crippen LogP contribution in [-0.2, 0) is 4.79 Å². The number of rotatable bonds is 1. The third-order valence-electron chi connectivity index (χ3n) is 2.34. The lowest BCUT2D eigenvalue weighted by Gasteiger charge is -2.20. The zero-order valence-electron chi connectivity index (χ0n) is 7.54. The molecule has 2 heterocycles. The standard InChI is InChI=1S/C9H12N2O2/c1-6-9(11-5-13-6)8-4-7(12)2-3-10-8/h5,8,10H,2-4H2,1H3. The second-order valence-corrected chi connectivity index (χ2v) is 3.29. The summed E-state index contributed by atoms with van der Waals surface area (Å²) < 4.78 is 5.09. The number of oxazole rings is 1. The lowest BCUT2D eigenvalue weighted by molar-refractivity contribution is -0.120. The van der Waals surface area contributed by atoms with Gasteiger partial charge in [-0.2, -0.15) is 0 Å². The summed E-state index contributed by atoms with van der Waals surface area (Å²) in [6, 6.07) is 0.0556. The van der Waals surface area contributed by atoms with Gasteiger partial charge in [0.1, 0.15) is 11.5 Å². The number of carbonyl (C=O) groups excluding carboxylic acids is 1. The minimum Gasteiger partial charge on any atom is -0.448 e. The Morgan fingerprint density at radius 2 is 2.54 bits per heavy atom. The zero-order valence-corrected chi connectivity index (χ0v) is 7.54. The average Bonchev–Trinajstić information content (AvgIpc) is 2.51. The number of aromatic nitrogens is 1. The van der Waals surface area contributed by atoms with Crippen molar-refractivity contribution < 1.29 is 9.21 Å². The number of hydrogen-bond donors (Lipinski definition) is 1. The van der Waals surface area contributed by atoms with Gasteiger partial charge in [-0.1, -0.05) is 0 Å². The van der Waals surface area contributed by atoms with Gasteiger partial charge in [-0.15, -0.1) is 0 Å². The number of ketones is 1. The van der Waals surface area contributed by atoms with Gasteiger partial charge in [0.15, 0.2) is 6.39 Å². The largest absolute Gasteiger partial charge is 0.448 e. The van der Waals surface area contributed by atoms with Crippen LogP contribution in [0.15, 0.2) is 10.8 Å². The normalized spacial score (nSPS) is 23.5. The first-order chi connectivity index (χ1) is 6.27. The summed E-state index contributed by atoms with van der Waals surface area (Å²) in [5, 5.41) is 3.25. The molecule has 1 unspecified atom stereocenters. The second-order valence-electron chi connectivity index (χ2n) is 3.29. The Morgan fingerprint density at radius 1 is 1.69 bits per heavy atom. The van der Waals surface area contributed by atoms with E-state index in [1.54, 1.807) is 0 Å². The fourth-order valence-electron chi connectivity index (χ4n) is 1.63. The highest BCUT2D eigenvalue weighted by Crippen LogP contribution is 2.22. The fraction of sp³-hybridized carbons (Fsp3) is 0.556. The molecule has 0 aliphatic carbocycles. The molecular formula is C9H12N2O2. The van der Waals surface area contributed by atoms with E-state index in [0.29, 0.717) is 18.6 Å². The molecule has 1 aliphatic heterocycles. The molecule has 1 aromatic heterocycles. The Balaban J connectivity index is 2.17. The summed E-state index contributed by atoms with van der Waals surface area (Å²) in [5.74, 6) is 1.10. The maximum absolute atomic E-state index is 11.2. The predicted octanol–water partition coefficient (Wildman–Crippen LogP) is 0.977. The Hall–Kier alpha value is -1.16. The van der Waals surface area contributed by atoms with Gasteiger partial charge in [-0.25, -0.2) is 4.98 Å². The highest BCUT2D eigenvalue weighted by molar-refractivity contribution is 5.80. The first-order valence-corrected chi connectivity index (χ1v) is 4.42. The highest BCUT2D eigenvalue weighted by atomic mass is 16.3. The van der Waals surface area contributed by atoms with Gasteiger partial charge in [0.05, 0.1) is 11.7 Å². The molecule has 4 heteroatoms. The molecule has 0 radical (unpaired) electrons. The molecule has 1 saturated heterocycles. The zero-order chi connectivity index (χ0) is 9.26. The summed E-state index contributed by atoms with van der Waals surface area (Å²) in [6.45, 7) is 2.61. The molecule has 4 nitrogen and oxygen atoms in total. The van der Waals surface area contributed by atoms with Crippen molar-refractivity contribution in [3.05, 3.63) is 17.8 Å². The number of piperidine rings is 1. The van der Waals surface area contributed by atoms with Crippen LogP contribution in [0.4, 0.5) is 0 Å². The fourth-order valence-corrected chi connectivity index (χ4v) is 1.63. The third kappa shape index (κ3) is 1.62. The number of nitrogens with zero attached hydrogens (tertiary/aromatic N) is 1. The summed E-state index contributed by atoms with van der Waals surface area (Å²) >= 11 is 0. The Bertz CT molecular complexity index is 319. The van der Waals surface area contributed by atoms with E-state index in [4.69, 9.17) is 4.42 Å². The van der Waals surface area contributed by atoms with Gasteiger partial charge in [0.2, 0.25) is 0 Å². The molecule has 13 heavy (non-hydrogen) atoms. The van der Waals surface area contributed by atoms with Crippen LogP contribution in [-0.4, -0.2) is 17.3 Å². The van der Waals surface area contributed by atoms with Gasteiger partial charge in [0.25, 0.3) is 0 Å². The first kappa shape index (κ1) is 8.44. The van der Waals surface area contributed by atoms with Crippen molar-refractivity contribution in [1.82, 2.24) is 10.3 Å². The van der Waals surface area contributed by atoms with E-state index in [1.165, 1.54) is 6.39 Å². The Morgan fingerprint density at radius 3 is 3.15 bits per heavy atom. The van der Waals surface area contributed by atoms with E-state index in [2.05, 4.69) is 10.3 Å². The van der Waals surface area contributed by atoms with Crippen LogP contribution >= 0.6 is 0 Å². The van der Waals surface area contributed by atoms with Gasteiger partial charge in [-0.05, 0) is 6.92 Å². The minimum atomic E-state index is 0.0556. The molecule has 70 valence electrons. The highest BCUT2D eigenvalue weighted by Gasteiger charge is 2.23. The third-order valence-corrected chi connectivity index (χ3v) is 2.34. The lowest BCUT2D eigenvalue weighted by atomic mass is 10.0. The van der Waals surface area contributed by atoms with Crippen LogP contribution in [0.5, 0.6) is 0 Å². The second kappa shape index (κ2) is 3.30. The lowest BCUT2D eigenvalue weighted by Crippen LogP contribution is -2.32. The molecular weight excluding hydrogens is 168 g/mol. The molecule has 1 aromatic rings. The van der Waals surface area contributed by atoms with Gasteiger partial charge < -0.3 is 9.73 Å². The van der Waals surface area contributed by atoms with Crippen LogP contribution in [0.2, 0.25) is 0 Å². The number of carbonyl (C=O) groups is 1. The molecule has 0 aromatic carbocycles. The molecule has 0 bridgehead atoms. The number of nitrogens with one attached hydrogen (secondary N) is 1. The summed E-state index contributed by atoms with van der Waals surface area (Å²) in [4.78, 5) is 15.3. The molecule has 1 N–H and O–H groups in total. The molecule has 0 saturated carbocycles. The van der Waals surface area contributed by atoms with Crippen molar-refractivity contribution in [2.75, 3.05) is 6.54 Å². The van der Waals surface area contributed by atoms with E-state index in [1.807, 2.05) is 6.92 Å². The molecule has 1 fully saturated rings. The first-order valence-electron chi connectivity index (χ1n) is 4.42. The smallest absolute Gasteiger partial charge is 0.181 e. The number of Topliss-reactive ketones (excluding diaryl/α,β-unsaturated/α-hetero) is 1. The Labute approximate surface area is 76.3 Å². The van der Waals surface area contributed by atoms with Gasteiger partial charge in [0, 0.05) is 19.4 Å². The van der Waals surface area contributed by atoms with Gasteiger partial charge >= 0.3 is 0 Å². The maximum Gasteiger partial charge on any atom is 0.181 e. The van der Waals surface area contributed by atoms with Crippen molar-refractivity contribution in [2.45, 2.75) is 25.8 Å². The topological polar surface area (TPSA) is 55.1 Å². The molecule has 2 rings (SSSR count). The van der Waals surface area contributed by atoms with Crippen LogP contribution in [0, 0.1) is 6.92 Å². The summed E-state index contributed by atoms with van der Waals surface area (Å²) in [5.41, 5.74) is 0.869. The molecule has 1 aliphatic rings. The van der Waals surface area contributed by atoms with E-state index in [9.17, 15) is 4.79 Å². The minimum absolute atomic E-state index is 0.0556. The summed E-state index contributed by atoms with van der Waals surface area (Å²) in [6.07, 6.45) is 2.59. The predicted molar refractivity (Wildman–Crippen MR) is 46.2 cm³/mol. The van der Waals surface area contributed by atoms with E-state index in [0.717, 1.165) is 18.0 Å². The van der Waals surface area contributed by atoms with E-state index in [-0.39, 0.29) is 6.04 Å². The van der Waals surface area contributed by atoms with Crippen LogP contribution in [0.1, 0.15) is 30.3 Å². The SMILES string of the molecule is Cc1ocnc1C1CC(=O)CCN1. The number of aryl methyl sites for hydroxylation is 1. The Kier molecular flexibility index (Phi) is 2.14. The molecule has 0 spiro atoms. The monoisotopic (exact) mass is 180 g/mol. The average molecular weight is 180 g/mol. The van der Waals surface area contributed by atoms with Crippen molar-refractivity contribution in [3.8, 4) is 0 Å². The molecule has 0 amide bonds. The van der Waals surface area contributed by atoms with Crippen LogP contribution in [0.3, 0.4) is 0 Å². The van der Waals surface area contributed by atoms with Gasteiger partial charge in [-0.3, -0.25) is 4.79 Å². The van der Waals surface area contributed by atoms with Crippen molar-refractivity contribution >= 4 is 5.78 Å². The van der Waals surface area contributed by atoms with Crippen molar-refractivity contribution in [1.29, 1.82) is 0 Å². The maximum atomic E-state index is 11.2.